The number of likely N-dealkylation sites (tertiary alicyclic amines) is 1. The average Bonchev–Trinajstić information content (AvgIpc) is 3.89. The van der Waals surface area contributed by atoms with Crippen LogP contribution in [-0.2, 0) is 32.1 Å². The molecule has 2 atom stereocenters. The second kappa shape index (κ2) is 14.5. The van der Waals surface area contributed by atoms with Crippen LogP contribution in [0.5, 0.6) is 0 Å². The molecule has 0 saturated carbocycles. The Kier molecular flexibility index (Phi) is 9.57. The van der Waals surface area contributed by atoms with Gasteiger partial charge in [0.25, 0.3) is 0 Å². The first-order chi connectivity index (χ1) is 23.5. The Morgan fingerprint density at radius 2 is 1.67 bits per heavy atom. The number of hydrogen-bond donors (Lipinski definition) is 1. The molecule has 4 aromatic rings. The number of hydrogen-bond acceptors (Lipinski definition) is 8. The van der Waals surface area contributed by atoms with Gasteiger partial charge in [-0.2, -0.15) is 0 Å². The number of nitrogens with zero attached hydrogens (tertiary/aromatic N) is 4. The van der Waals surface area contributed by atoms with Gasteiger partial charge in [-0.15, -0.1) is 0 Å². The van der Waals surface area contributed by atoms with E-state index in [4.69, 9.17) is 14.1 Å². The molecule has 0 aliphatic carbocycles. The molecular formula is C37H37N5O5S. The van der Waals surface area contributed by atoms with Crippen LogP contribution in [-0.4, -0.2) is 71.6 Å². The topological polar surface area (TPSA) is 108 Å². The van der Waals surface area contributed by atoms with E-state index < -0.39 is 11.3 Å². The van der Waals surface area contributed by atoms with Gasteiger partial charge in [-0.05, 0) is 72.5 Å². The van der Waals surface area contributed by atoms with Crippen molar-refractivity contribution in [2.45, 2.75) is 37.1 Å². The lowest BCUT2D eigenvalue weighted by Gasteiger charge is -2.28. The van der Waals surface area contributed by atoms with E-state index in [0.717, 1.165) is 42.0 Å². The van der Waals surface area contributed by atoms with Crippen LogP contribution in [0.3, 0.4) is 0 Å². The molecule has 3 amide bonds. The van der Waals surface area contributed by atoms with Crippen LogP contribution in [0.4, 0.5) is 17.1 Å². The Morgan fingerprint density at radius 3 is 2.40 bits per heavy atom. The fourth-order valence-corrected chi connectivity index (χ4v) is 7.48. The highest BCUT2D eigenvalue weighted by molar-refractivity contribution is 8.15. The third kappa shape index (κ3) is 7.17. The van der Waals surface area contributed by atoms with Crippen molar-refractivity contribution in [1.29, 1.82) is 0 Å². The summed E-state index contributed by atoms with van der Waals surface area (Å²) >= 11 is 1.40. The second-order valence-electron chi connectivity index (χ2n) is 12.0. The fourth-order valence-electron chi connectivity index (χ4n) is 6.30. The van der Waals surface area contributed by atoms with E-state index in [1.165, 1.54) is 11.8 Å². The van der Waals surface area contributed by atoms with E-state index in [-0.39, 0.29) is 30.7 Å². The minimum atomic E-state index is -0.510. The standard InChI is InChI=1S/C37H37N5O5S/c43-33(24-26-6-2-1-3-7-26)41-18-4-9-32(41)35(44)38-28-12-10-27(11-13-28)34-36(45)42(25-31-8-5-21-47-31)37(48-34)39-29-14-16-30(17-15-29)40-19-22-46-23-20-40/h1-3,5-8,10-17,21,32,34H,4,9,18-20,22-25H2,(H,38,44)/t32-,34?/m0/s1. The van der Waals surface area contributed by atoms with Crippen LogP contribution >= 0.6 is 11.8 Å². The molecule has 1 N–H and O–H groups in total. The Labute approximate surface area is 283 Å². The summed E-state index contributed by atoms with van der Waals surface area (Å²) in [5, 5.41) is 3.08. The van der Waals surface area contributed by atoms with Crippen LogP contribution in [0.1, 0.15) is 35.0 Å². The summed E-state index contributed by atoms with van der Waals surface area (Å²) in [6.07, 6.45) is 3.28. The molecule has 10 nitrogen and oxygen atoms in total. The molecule has 246 valence electrons. The molecule has 3 aliphatic rings. The Bertz CT molecular complexity index is 1760. The zero-order valence-electron chi connectivity index (χ0n) is 26.5. The van der Waals surface area contributed by atoms with Gasteiger partial charge in [-0.3, -0.25) is 19.3 Å². The van der Waals surface area contributed by atoms with E-state index in [1.807, 2.05) is 72.8 Å². The van der Waals surface area contributed by atoms with Gasteiger partial charge in [0, 0.05) is 31.0 Å². The summed E-state index contributed by atoms with van der Waals surface area (Å²) in [6.45, 7) is 3.98. The van der Waals surface area contributed by atoms with Gasteiger partial charge in [0.1, 0.15) is 17.1 Å². The molecule has 7 rings (SSSR count). The molecule has 11 heteroatoms. The second-order valence-corrected chi connectivity index (χ2v) is 13.1. The number of ether oxygens (including phenoxy) is 1. The number of furan rings is 1. The lowest BCUT2D eigenvalue weighted by Crippen LogP contribution is -2.43. The lowest BCUT2D eigenvalue weighted by atomic mass is 10.1. The van der Waals surface area contributed by atoms with Gasteiger partial charge in [0.15, 0.2) is 5.17 Å². The zero-order valence-corrected chi connectivity index (χ0v) is 27.3. The average molecular weight is 664 g/mol. The Balaban J connectivity index is 1.03. The largest absolute Gasteiger partial charge is 0.467 e. The Morgan fingerprint density at radius 1 is 0.896 bits per heavy atom. The Hall–Kier alpha value is -4.87. The van der Waals surface area contributed by atoms with E-state index in [0.29, 0.717) is 42.8 Å². The first-order valence-electron chi connectivity index (χ1n) is 16.3. The number of amides is 3. The number of anilines is 2. The predicted octanol–water partition coefficient (Wildman–Crippen LogP) is 5.79. The molecule has 0 spiro atoms. The zero-order chi connectivity index (χ0) is 32.9. The number of rotatable bonds is 9. The summed E-state index contributed by atoms with van der Waals surface area (Å²) in [7, 11) is 0. The third-order valence-electron chi connectivity index (χ3n) is 8.84. The maximum Gasteiger partial charge on any atom is 0.247 e. The number of nitrogens with one attached hydrogen (secondary N) is 1. The quantitative estimate of drug-likeness (QED) is 0.242. The monoisotopic (exact) mass is 663 g/mol. The molecule has 0 bridgehead atoms. The first-order valence-corrected chi connectivity index (χ1v) is 17.2. The van der Waals surface area contributed by atoms with Gasteiger partial charge in [0.05, 0.1) is 38.1 Å². The molecular weight excluding hydrogens is 627 g/mol. The molecule has 48 heavy (non-hydrogen) atoms. The number of benzene rings is 3. The first kappa shape index (κ1) is 31.7. The minimum Gasteiger partial charge on any atom is -0.467 e. The minimum absolute atomic E-state index is 0.0458. The summed E-state index contributed by atoms with van der Waals surface area (Å²) in [5.74, 6) is 0.332. The molecule has 3 aliphatic heterocycles. The van der Waals surface area contributed by atoms with E-state index in [2.05, 4.69) is 22.3 Å². The van der Waals surface area contributed by atoms with Crippen molar-refractivity contribution in [1.82, 2.24) is 9.80 Å². The van der Waals surface area contributed by atoms with Gasteiger partial charge < -0.3 is 24.3 Å². The van der Waals surface area contributed by atoms with Gasteiger partial charge in [-0.1, -0.05) is 54.2 Å². The smallest absolute Gasteiger partial charge is 0.247 e. The van der Waals surface area contributed by atoms with Crippen molar-refractivity contribution < 1.29 is 23.5 Å². The van der Waals surface area contributed by atoms with Crippen molar-refractivity contribution in [3.8, 4) is 0 Å². The summed E-state index contributed by atoms with van der Waals surface area (Å²) in [5.41, 5.74) is 4.23. The predicted molar refractivity (Wildman–Crippen MR) is 186 cm³/mol. The number of morpholine rings is 1. The van der Waals surface area contributed by atoms with Crippen molar-refractivity contribution in [2.24, 2.45) is 4.99 Å². The van der Waals surface area contributed by atoms with Crippen LogP contribution < -0.4 is 10.2 Å². The van der Waals surface area contributed by atoms with Crippen molar-refractivity contribution >= 4 is 51.7 Å². The molecule has 3 saturated heterocycles. The molecule has 4 heterocycles. The van der Waals surface area contributed by atoms with Crippen molar-refractivity contribution in [3.63, 3.8) is 0 Å². The van der Waals surface area contributed by atoms with Gasteiger partial charge >= 0.3 is 0 Å². The highest BCUT2D eigenvalue weighted by Crippen LogP contribution is 2.41. The molecule has 1 aromatic heterocycles. The van der Waals surface area contributed by atoms with Gasteiger partial charge in [-0.25, -0.2) is 4.99 Å². The number of amidine groups is 1. The van der Waals surface area contributed by atoms with E-state index in [1.54, 1.807) is 22.1 Å². The maximum absolute atomic E-state index is 13.8. The molecule has 3 aromatic carbocycles. The summed E-state index contributed by atoms with van der Waals surface area (Å²) < 4.78 is 11.0. The SMILES string of the molecule is O=C(Nc1ccc(C2SC(=Nc3ccc(N4CCOCC4)cc3)N(Cc3ccco3)C2=O)cc1)[C@@H]1CCCN1C(=O)Cc1ccccc1. The van der Waals surface area contributed by atoms with E-state index in [9.17, 15) is 14.4 Å². The maximum atomic E-state index is 13.8. The molecule has 1 unspecified atom stereocenters. The normalized spacial score (nSPS) is 20.5. The highest BCUT2D eigenvalue weighted by atomic mass is 32.2. The van der Waals surface area contributed by atoms with Crippen LogP contribution in [0.15, 0.2) is 107 Å². The van der Waals surface area contributed by atoms with Crippen LogP contribution in [0.2, 0.25) is 0 Å². The lowest BCUT2D eigenvalue weighted by molar-refractivity contribution is -0.136. The number of thioether (sulfide) groups is 1. The fraction of sp³-hybridized carbons (Fsp3) is 0.297. The summed E-state index contributed by atoms with van der Waals surface area (Å²) in [6, 6.07) is 28.1. The molecule has 0 radical (unpaired) electrons. The van der Waals surface area contributed by atoms with Crippen molar-refractivity contribution in [2.75, 3.05) is 43.1 Å². The molecule has 3 fully saturated rings. The summed E-state index contributed by atoms with van der Waals surface area (Å²) in [4.78, 5) is 50.7. The number of aliphatic imine (C=N–C) groups is 1. The van der Waals surface area contributed by atoms with Crippen LogP contribution in [0.25, 0.3) is 0 Å². The van der Waals surface area contributed by atoms with Crippen LogP contribution in [0, 0.1) is 0 Å². The number of carbonyl (C=O) groups excluding carboxylic acids is 3. The van der Waals surface area contributed by atoms with Crippen molar-refractivity contribution in [3.05, 3.63) is 114 Å². The van der Waals surface area contributed by atoms with E-state index >= 15 is 0 Å². The third-order valence-corrected chi connectivity index (χ3v) is 10.1. The number of carbonyl (C=O) groups is 3. The highest BCUT2D eigenvalue weighted by Gasteiger charge is 2.40. The van der Waals surface area contributed by atoms with Gasteiger partial charge in [0.2, 0.25) is 17.7 Å².